The molecule has 0 bridgehead atoms. The van der Waals surface area contributed by atoms with Crippen LogP contribution in [-0.2, 0) is 9.59 Å². The molecule has 0 aromatic heterocycles. The Kier molecular flexibility index (Phi) is 18.4. The van der Waals surface area contributed by atoms with Crippen LogP contribution in [0.1, 0.15) is 36.0 Å². The number of hydrogen-bond donors (Lipinski definition) is 2. The Bertz CT molecular complexity index is 461. The normalized spacial score (nSPS) is 8.36. The molecule has 0 aliphatic carbocycles. The first-order chi connectivity index (χ1) is 9.32. The maximum Gasteiger partial charge on any atom is 1.00 e. The van der Waals surface area contributed by atoms with Crippen molar-refractivity contribution in [1.82, 2.24) is 0 Å². The number of phenols is 1. The van der Waals surface area contributed by atoms with Crippen LogP contribution in [0.4, 0.5) is 0 Å². The van der Waals surface area contributed by atoms with Crippen molar-refractivity contribution in [2.45, 2.75) is 25.7 Å². The number of hydrogen-bond acceptors (Lipinski definition) is 6. The number of benzene rings is 1. The van der Waals surface area contributed by atoms with E-state index in [-0.39, 0.29) is 83.3 Å². The number of aromatic hydroxyl groups is 1. The quantitative estimate of drug-likeness (QED) is 0.391. The van der Waals surface area contributed by atoms with Crippen molar-refractivity contribution in [3.05, 3.63) is 29.8 Å². The van der Waals surface area contributed by atoms with Gasteiger partial charge in [0, 0.05) is 11.9 Å². The number of aromatic carboxylic acids is 1. The second kappa shape index (κ2) is 15.3. The summed E-state index contributed by atoms with van der Waals surface area (Å²) in [7, 11) is 0. The molecule has 0 saturated carbocycles. The van der Waals surface area contributed by atoms with E-state index in [2.05, 4.69) is 0 Å². The van der Waals surface area contributed by atoms with E-state index in [4.69, 9.17) is 10.2 Å². The van der Waals surface area contributed by atoms with Crippen LogP contribution in [0.15, 0.2) is 24.3 Å². The van der Waals surface area contributed by atoms with Crippen LogP contribution in [-0.4, -0.2) is 28.1 Å². The van der Waals surface area contributed by atoms with E-state index in [0.29, 0.717) is 12.8 Å². The molecule has 110 valence electrons. The van der Waals surface area contributed by atoms with Crippen molar-refractivity contribution in [2.24, 2.45) is 0 Å². The summed E-state index contributed by atoms with van der Waals surface area (Å²) in [5.74, 6) is -3.34. The van der Waals surface area contributed by atoms with Gasteiger partial charge in [-0.1, -0.05) is 6.07 Å². The average molecular weight is 328 g/mol. The summed E-state index contributed by atoms with van der Waals surface area (Å²) in [4.78, 5) is 29.8. The molecule has 2 N–H and O–H groups in total. The summed E-state index contributed by atoms with van der Waals surface area (Å²) in [6, 6.07) is 5.52. The maximum atomic E-state index is 10.2. The molecule has 1 aromatic carbocycles. The van der Waals surface area contributed by atoms with Crippen molar-refractivity contribution in [3.63, 3.8) is 0 Å². The second-order valence-corrected chi connectivity index (χ2v) is 3.81. The van der Waals surface area contributed by atoms with Crippen LogP contribution >= 0.6 is 0 Å². The summed E-state index contributed by atoms with van der Waals surface area (Å²) in [6.07, 6.45) is 0.535. The predicted molar refractivity (Wildman–Crippen MR) is 63.5 cm³/mol. The summed E-state index contributed by atoms with van der Waals surface area (Å²) in [5.41, 5.74) is 0.0972. The fourth-order valence-electron chi connectivity index (χ4n) is 1.18. The number of carboxylic acids is 3. The standard InChI is InChI=1S/C7H6O3.C6H10O4.2Na/c8-6-3-1-2-5(4-6)7(9)10;7-5(8)3-1-2-4-6(9)10;;/h1-4,8H,(H,9,10);1-4H2,(H,7,8)(H,9,10);;/q;;2*+1/p-2. The van der Waals surface area contributed by atoms with Crippen molar-refractivity contribution in [2.75, 3.05) is 0 Å². The minimum Gasteiger partial charge on any atom is -0.550 e. The number of carboxylic acid groups (broad SMARTS) is 3. The summed E-state index contributed by atoms with van der Waals surface area (Å²) in [6.45, 7) is 0. The SMILES string of the molecule is O=C(O)c1cccc(O)c1.O=C([O-])CCCCC(=O)[O-].[Na+].[Na+]. The first-order valence-electron chi connectivity index (χ1n) is 5.75. The molecule has 0 heterocycles. The van der Waals surface area contributed by atoms with Crippen LogP contribution in [0, 0.1) is 0 Å². The van der Waals surface area contributed by atoms with Gasteiger partial charge in [0.15, 0.2) is 0 Å². The molecular formula is C13H14Na2O7. The Hall–Kier alpha value is -0.570. The van der Waals surface area contributed by atoms with Gasteiger partial charge in [-0.05, 0) is 43.9 Å². The summed E-state index contributed by atoms with van der Waals surface area (Å²) < 4.78 is 0. The van der Waals surface area contributed by atoms with E-state index in [1.807, 2.05) is 0 Å². The third kappa shape index (κ3) is 15.8. The molecule has 0 aliphatic heterocycles. The van der Waals surface area contributed by atoms with Crippen LogP contribution in [0.25, 0.3) is 0 Å². The average Bonchev–Trinajstić information content (AvgIpc) is 2.35. The fourth-order valence-corrected chi connectivity index (χ4v) is 1.18. The minimum absolute atomic E-state index is 0. The number of phenolic OH excluding ortho intramolecular Hbond substituents is 1. The molecule has 0 fully saturated rings. The Morgan fingerprint density at radius 2 is 1.41 bits per heavy atom. The Morgan fingerprint density at radius 3 is 1.68 bits per heavy atom. The predicted octanol–water partition coefficient (Wildman–Crippen LogP) is -6.85. The minimum atomic E-state index is -1.14. The Balaban J connectivity index is -0.000000301. The smallest absolute Gasteiger partial charge is 0.550 e. The van der Waals surface area contributed by atoms with E-state index in [1.54, 1.807) is 0 Å². The fraction of sp³-hybridized carbons (Fsp3) is 0.308. The van der Waals surface area contributed by atoms with Gasteiger partial charge in [-0.25, -0.2) is 4.79 Å². The van der Waals surface area contributed by atoms with Gasteiger partial charge in [0.2, 0.25) is 0 Å². The van der Waals surface area contributed by atoms with Gasteiger partial charge in [-0.2, -0.15) is 0 Å². The van der Waals surface area contributed by atoms with Gasteiger partial charge in [0.05, 0.1) is 5.56 Å². The van der Waals surface area contributed by atoms with E-state index < -0.39 is 17.9 Å². The third-order valence-electron chi connectivity index (χ3n) is 2.10. The zero-order valence-corrected chi connectivity index (χ0v) is 16.6. The van der Waals surface area contributed by atoms with E-state index in [0.717, 1.165) is 0 Å². The number of carbonyl (C=O) groups excluding carboxylic acids is 2. The zero-order chi connectivity index (χ0) is 15.5. The van der Waals surface area contributed by atoms with E-state index in [9.17, 15) is 24.6 Å². The molecule has 0 spiro atoms. The summed E-state index contributed by atoms with van der Waals surface area (Å²) in [5, 5.41) is 36.7. The van der Waals surface area contributed by atoms with Crippen molar-refractivity contribution < 1.29 is 93.9 Å². The zero-order valence-electron chi connectivity index (χ0n) is 12.6. The van der Waals surface area contributed by atoms with Crippen molar-refractivity contribution in [3.8, 4) is 5.75 Å². The van der Waals surface area contributed by atoms with Crippen molar-refractivity contribution >= 4 is 17.9 Å². The van der Waals surface area contributed by atoms with Gasteiger partial charge < -0.3 is 30.0 Å². The number of carbonyl (C=O) groups is 3. The van der Waals surface area contributed by atoms with E-state index >= 15 is 0 Å². The van der Waals surface area contributed by atoms with Gasteiger partial charge >= 0.3 is 65.1 Å². The molecule has 0 amide bonds. The molecule has 0 atom stereocenters. The molecule has 9 heteroatoms. The molecule has 1 rings (SSSR count). The van der Waals surface area contributed by atoms with Gasteiger partial charge in [0.25, 0.3) is 0 Å². The first-order valence-corrected chi connectivity index (χ1v) is 5.75. The Morgan fingerprint density at radius 1 is 0.955 bits per heavy atom. The molecule has 7 nitrogen and oxygen atoms in total. The molecule has 0 unspecified atom stereocenters. The Labute approximate surface area is 171 Å². The number of unbranched alkanes of at least 4 members (excludes halogenated alkanes) is 1. The molecular weight excluding hydrogens is 314 g/mol. The van der Waals surface area contributed by atoms with Crippen LogP contribution in [0.2, 0.25) is 0 Å². The topological polar surface area (TPSA) is 138 Å². The van der Waals surface area contributed by atoms with Gasteiger partial charge in [0.1, 0.15) is 5.75 Å². The van der Waals surface area contributed by atoms with Crippen LogP contribution < -0.4 is 69.3 Å². The number of rotatable bonds is 6. The van der Waals surface area contributed by atoms with Crippen LogP contribution in [0.5, 0.6) is 5.75 Å². The first kappa shape index (κ1) is 26.3. The third-order valence-corrected chi connectivity index (χ3v) is 2.10. The van der Waals surface area contributed by atoms with Crippen molar-refractivity contribution in [1.29, 1.82) is 0 Å². The molecule has 0 radical (unpaired) electrons. The van der Waals surface area contributed by atoms with Gasteiger partial charge in [-0.15, -0.1) is 0 Å². The molecule has 0 saturated heterocycles. The maximum absolute atomic E-state index is 10.2. The molecule has 22 heavy (non-hydrogen) atoms. The van der Waals surface area contributed by atoms with Gasteiger partial charge in [-0.3, -0.25) is 0 Å². The molecule has 0 aliphatic rings. The number of aliphatic carboxylic acids is 2. The second-order valence-electron chi connectivity index (χ2n) is 3.81. The monoisotopic (exact) mass is 328 g/mol. The summed E-state index contributed by atoms with van der Waals surface area (Å²) >= 11 is 0. The van der Waals surface area contributed by atoms with E-state index in [1.165, 1.54) is 24.3 Å². The van der Waals surface area contributed by atoms with Crippen LogP contribution in [0.3, 0.4) is 0 Å². The largest absolute Gasteiger partial charge is 1.00 e. The molecule has 1 aromatic rings.